The van der Waals surface area contributed by atoms with Crippen LogP contribution < -0.4 is 10.2 Å². The fourth-order valence-electron chi connectivity index (χ4n) is 1.51. The van der Waals surface area contributed by atoms with Gasteiger partial charge in [0.25, 0.3) is 5.69 Å². The number of nitrogens with zero attached hydrogens (tertiary/aromatic N) is 2. The van der Waals surface area contributed by atoms with Crippen molar-refractivity contribution in [3.8, 4) is 0 Å². The molecule has 0 saturated heterocycles. The molecule has 0 bridgehead atoms. The molecule has 0 aromatic heterocycles. The zero-order valence-electron chi connectivity index (χ0n) is 10.2. The summed E-state index contributed by atoms with van der Waals surface area (Å²) in [5, 5.41) is 13.8. The lowest BCUT2D eigenvalue weighted by Crippen LogP contribution is -2.27. The van der Waals surface area contributed by atoms with E-state index >= 15 is 0 Å². The highest BCUT2D eigenvalue weighted by molar-refractivity contribution is 5.64. The number of nitro groups is 1. The lowest BCUT2D eigenvalue weighted by Gasteiger charge is -2.19. The Morgan fingerprint density at radius 1 is 1.53 bits per heavy atom. The number of hydrogen-bond acceptors (Lipinski definition) is 4. The van der Waals surface area contributed by atoms with Crippen LogP contribution in [0.15, 0.2) is 12.1 Å². The van der Waals surface area contributed by atoms with E-state index in [0.29, 0.717) is 24.3 Å². The summed E-state index contributed by atoms with van der Waals surface area (Å²) < 4.78 is 13.3. The maximum atomic E-state index is 13.3. The smallest absolute Gasteiger partial charge is 0.295 e. The van der Waals surface area contributed by atoms with Crippen molar-refractivity contribution in [3.05, 3.63) is 33.6 Å². The molecule has 1 aromatic carbocycles. The Morgan fingerprint density at radius 2 is 2.18 bits per heavy atom. The van der Waals surface area contributed by atoms with Gasteiger partial charge in [0.1, 0.15) is 11.5 Å². The number of hydrogen-bond donors (Lipinski definition) is 1. The largest absolute Gasteiger partial charge is 0.368 e. The molecule has 94 valence electrons. The molecule has 5 nitrogen and oxygen atoms in total. The van der Waals surface area contributed by atoms with Crippen LogP contribution in [0.2, 0.25) is 0 Å². The second kappa shape index (κ2) is 5.58. The fourth-order valence-corrected chi connectivity index (χ4v) is 1.51. The molecule has 0 amide bonds. The normalized spacial score (nSPS) is 10.4. The highest BCUT2D eigenvalue weighted by atomic mass is 19.1. The van der Waals surface area contributed by atoms with Crippen LogP contribution in [0.4, 0.5) is 15.8 Å². The van der Waals surface area contributed by atoms with E-state index < -0.39 is 10.7 Å². The summed E-state index contributed by atoms with van der Waals surface area (Å²) in [6.45, 7) is 2.90. The van der Waals surface area contributed by atoms with E-state index in [9.17, 15) is 14.5 Å². The average Bonchev–Trinajstić information content (AvgIpc) is 2.28. The summed E-state index contributed by atoms with van der Waals surface area (Å²) in [6, 6.07) is 2.48. The van der Waals surface area contributed by atoms with E-state index in [2.05, 4.69) is 5.32 Å². The third-order valence-corrected chi connectivity index (χ3v) is 2.56. The number of halogens is 1. The highest BCUT2D eigenvalue weighted by Gasteiger charge is 2.19. The van der Waals surface area contributed by atoms with E-state index in [-0.39, 0.29) is 5.69 Å². The van der Waals surface area contributed by atoms with Crippen molar-refractivity contribution >= 4 is 11.4 Å². The third-order valence-electron chi connectivity index (χ3n) is 2.56. The van der Waals surface area contributed by atoms with Gasteiger partial charge in [-0.25, -0.2) is 4.39 Å². The molecule has 0 aliphatic heterocycles. The van der Waals surface area contributed by atoms with Gasteiger partial charge in [0.05, 0.1) is 11.0 Å². The Hall–Kier alpha value is -1.69. The number of benzene rings is 1. The van der Waals surface area contributed by atoms with E-state index in [4.69, 9.17) is 0 Å². The summed E-state index contributed by atoms with van der Waals surface area (Å²) in [7, 11) is 3.55. The molecule has 0 saturated carbocycles. The third kappa shape index (κ3) is 3.13. The van der Waals surface area contributed by atoms with Crippen LogP contribution in [0.5, 0.6) is 0 Å². The van der Waals surface area contributed by atoms with Gasteiger partial charge in [-0.05, 0) is 25.6 Å². The maximum absolute atomic E-state index is 13.3. The Labute approximate surface area is 99.4 Å². The van der Waals surface area contributed by atoms with Crippen LogP contribution in [-0.2, 0) is 0 Å². The van der Waals surface area contributed by atoms with Crippen LogP contribution >= 0.6 is 0 Å². The first-order valence-corrected chi connectivity index (χ1v) is 5.27. The summed E-state index contributed by atoms with van der Waals surface area (Å²) in [4.78, 5) is 12.0. The van der Waals surface area contributed by atoms with Crippen molar-refractivity contribution in [1.29, 1.82) is 0 Å². The van der Waals surface area contributed by atoms with Gasteiger partial charge in [0, 0.05) is 20.1 Å². The predicted molar refractivity (Wildman–Crippen MR) is 65.0 cm³/mol. The van der Waals surface area contributed by atoms with Gasteiger partial charge in [0.15, 0.2) is 0 Å². The molecule has 6 heteroatoms. The van der Waals surface area contributed by atoms with Crippen molar-refractivity contribution in [3.63, 3.8) is 0 Å². The Bertz CT molecular complexity index is 423. The van der Waals surface area contributed by atoms with Gasteiger partial charge < -0.3 is 10.2 Å². The number of aryl methyl sites for hydroxylation is 1. The minimum Gasteiger partial charge on any atom is -0.368 e. The zero-order chi connectivity index (χ0) is 13.0. The number of nitrogens with one attached hydrogen (secondary N) is 1. The molecule has 0 spiro atoms. The van der Waals surface area contributed by atoms with Crippen molar-refractivity contribution in [1.82, 2.24) is 5.32 Å². The Balaban J connectivity index is 3.11. The van der Waals surface area contributed by atoms with Crippen LogP contribution in [0.25, 0.3) is 0 Å². The minimum absolute atomic E-state index is 0.202. The molecule has 0 atom stereocenters. The van der Waals surface area contributed by atoms with Gasteiger partial charge in [-0.2, -0.15) is 0 Å². The number of likely N-dealkylation sites (N-methyl/N-ethyl adjacent to an activating group) is 2. The predicted octanol–water partition coefficient (Wildman–Crippen LogP) is 1.70. The zero-order valence-corrected chi connectivity index (χ0v) is 10.2. The maximum Gasteiger partial charge on any atom is 0.295 e. The molecule has 17 heavy (non-hydrogen) atoms. The first-order chi connectivity index (χ1) is 7.97. The number of anilines is 1. The summed E-state index contributed by atoms with van der Waals surface area (Å²) in [6.07, 6.45) is 0. The lowest BCUT2D eigenvalue weighted by molar-refractivity contribution is -0.384. The summed E-state index contributed by atoms with van der Waals surface area (Å²) in [5.41, 5.74) is 0.637. The van der Waals surface area contributed by atoms with Crippen molar-refractivity contribution < 1.29 is 9.31 Å². The number of nitro benzene ring substituents is 1. The van der Waals surface area contributed by atoms with E-state index in [0.717, 1.165) is 6.07 Å². The number of rotatable bonds is 5. The molecule has 0 aliphatic carbocycles. The summed E-state index contributed by atoms with van der Waals surface area (Å²) in [5.74, 6) is -0.553. The lowest BCUT2D eigenvalue weighted by atomic mass is 10.1. The molecule has 1 N–H and O–H groups in total. The van der Waals surface area contributed by atoms with Gasteiger partial charge >= 0.3 is 0 Å². The standard InChI is InChI=1S/C11H16FN3O2/c1-8-6-10(14(3)5-4-13-2)11(15(16)17)7-9(8)12/h6-7,13H,4-5H2,1-3H3. The van der Waals surface area contributed by atoms with Crippen molar-refractivity contribution in [2.45, 2.75) is 6.92 Å². The van der Waals surface area contributed by atoms with Gasteiger partial charge in [-0.15, -0.1) is 0 Å². The topological polar surface area (TPSA) is 58.4 Å². The van der Waals surface area contributed by atoms with Crippen LogP contribution in [0.1, 0.15) is 5.56 Å². The second-order valence-corrected chi connectivity index (χ2v) is 3.87. The first kappa shape index (κ1) is 13.4. The van der Waals surface area contributed by atoms with E-state index in [1.807, 2.05) is 0 Å². The van der Waals surface area contributed by atoms with Crippen LogP contribution in [-0.4, -0.2) is 32.1 Å². The molecular weight excluding hydrogens is 225 g/mol. The minimum atomic E-state index is -0.562. The van der Waals surface area contributed by atoms with E-state index in [1.54, 1.807) is 25.9 Å². The highest BCUT2D eigenvalue weighted by Crippen LogP contribution is 2.29. The molecule has 0 fully saturated rings. The van der Waals surface area contributed by atoms with Gasteiger partial charge in [0.2, 0.25) is 0 Å². The monoisotopic (exact) mass is 241 g/mol. The van der Waals surface area contributed by atoms with Crippen molar-refractivity contribution in [2.24, 2.45) is 0 Å². The molecular formula is C11H16FN3O2. The molecule has 0 heterocycles. The molecule has 1 aromatic rings. The summed E-state index contributed by atoms with van der Waals surface area (Å²) >= 11 is 0. The fraction of sp³-hybridized carbons (Fsp3) is 0.455. The molecule has 0 unspecified atom stereocenters. The van der Waals surface area contributed by atoms with Gasteiger partial charge in [-0.1, -0.05) is 0 Å². The molecule has 0 radical (unpaired) electrons. The van der Waals surface area contributed by atoms with Crippen molar-refractivity contribution in [2.75, 3.05) is 32.1 Å². The van der Waals surface area contributed by atoms with E-state index in [1.165, 1.54) is 6.07 Å². The average molecular weight is 241 g/mol. The van der Waals surface area contributed by atoms with Gasteiger partial charge in [-0.3, -0.25) is 10.1 Å². The first-order valence-electron chi connectivity index (χ1n) is 5.27. The van der Waals surface area contributed by atoms with Crippen LogP contribution in [0.3, 0.4) is 0 Å². The quantitative estimate of drug-likeness (QED) is 0.629. The Kier molecular flexibility index (Phi) is 4.39. The Morgan fingerprint density at radius 3 is 2.71 bits per heavy atom. The van der Waals surface area contributed by atoms with Crippen LogP contribution in [0, 0.1) is 22.9 Å². The SMILES string of the molecule is CNCCN(C)c1cc(C)c(F)cc1[N+](=O)[O-]. The molecule has 0 aliphatic rings. The molecule has 1 rings (SSSR count). The second-order valence-electron chi connectivity index (χ2n) is 3.87.